The Hall–Kier alpha value is -1.29. The minimum atomic E-state index is -2.33. The van der Waals surface area contributed by atoms with Crippen molar-refractivity contribution in [2.75, 3.05) is 17.4 Å². The van der Waals surface area contributed by atoms with Gasteiger partial charge in [0.05, 0.1) is 12.1 Å². The predicted molar refractivity (Wildman–Crippen MR) is 152 cm³/mol. The van der Waals surface area contributed by atoms with Crippen LogP contribution in [-0.2, 0) is 13.6 Å². The van der Waals surface area contributed by atoms with E-state index in [1.165, 1.54) is 10.8 Å². The molecule has 10 nitrogen and oxygen atoms in total. The van der Waals surface area contributed by atoms with Gasteiger partial charge in [0, 0.05) is 6.20 Å². The number of hydroxylamine groups is 1. The van der Waals surface area contributed by atoms with Crippen LogP contribution in [0.4, 0.5) is 11.5 Å². The Morgan fingerprint density at radius 1 is 1.05 bits per heavy atom. The summed E-state index contributed by atoms with van der Waals surface area (Å²) < 4.78 is 20.6. The molecule has 0 spiro atoms. The Kier molecular flexibility index (Phi) is 8.94. The lowest BCUT2D eigenvalue weighted by Gasteiger charge is -2.41. The van der Waals surface area contributed by atoms with E-state index in [1.807, 2.05) is 0 Å². The summed E-state index contributed by atoms with van der Waals surface area (Å²) in [5, 5.41) is 23.1. The molecule has 0 amide bonds. The van der Waals surface area contributed by atoms with Crippen LogP contribution in [-0.4, -0.2) is 67.0 Å². The van der Waals surface area contributed by atoms with E-state index in [-0.39, 0.29) is 28.2 Å². The van der Waals surface area contributed by atoms with Gasteiger partial charge in [0.2, 0.25) is 0 Å². The molecular weight excluding hydrogens is 508 g/mol. The summed E-state index contributed by atoms with van der Waals surface area (Å²) in [6, 6.07) is 0. The van der Waals surface area contributed by atoms with Gasteiger partial charge in [-0.05, 0) is 57.0 Å². The second-order valence-corrected chi connectivity index (χ2v) is 23.7. The molecule has 0 aromatic carbocycles. The van der Waals surface area contributed by atoms with Crippen molar-refractivity contribution in [3.05, 3.63) is 16.7 Å². The lowest BCUT2D eigenvalue weighted by molar-refractivity contribution is -0.0528. The Balaban J connectivity index is 2.51. The average Bonchev–Trinajstić information content (AvgIpc) is 2.99. The zero-order valence-electron chi connectivity index (χ0n) is 25.0. The molecule has 0 aliphatic carbocycles. The van der Waals surface area contributed by atoms with Gasteiger partial charge in [-0.15, -0.1) is 0 Å². The van der Waals surface area contributed by atoms with Crippen LogP contribution < -0.4 is 16.5 Å². The number of aromatic nitrogens is 2. The minimum absolute atomic E-state index is 0.0103. The van der Waals surface area contributed by atoms with Crippen molar-refractivity contribution in [2.45, 2.75) is 129 Å². The first-order valence-corrected chi connectivity index (χ1v) is 18.8. The van der Waals surface area contributed by atoms with E-state index in [9.17, 15) is 15.1 Å². The number of ether oxygens (including phenoxy) is 1. The Morgan fingerprint density at radius 2 is 1.57 bits per heavy atom. The minimum Gasteiger partial charge on any atom is -0.414 e. The van der Waals surface area contributed by atoms with Crippen molar-refractivity contribution in [1.82, 2.24) is 9.55 Å². The van der Waals surface area contributed by atoms with E-state index in [0.29, 0.717) is 0 Å². The SMILES string of the molecule is CC(C)(C)N(O)c1cn([C@@H]2O[C@H](CO[Si](C)(C)C(C)(C)C)[C@@H](O[Si](C)(C)C(C)(C)C)[C@H]2O)c(=O)nc1N. The molecule has 1 saturated heterocycles. The van der Waals surface area contributed by atoms with Gasteiger partial charge in [-0.2, -0.15) is 4.98 Å². The molecule has 4 atom stereocenters. The number of rotatable bonds is 7. The fourth-order valence-electron chi connectivity index (χ4n) is 3.43. The maximum atomic E-state index is 12.9. The molecule has 1 aromatic heterocycles. The predicted octanol–water partition coefficient (Wildman–Crippen LogP) is 4.49. The molecule has 0 bridgehead atoms. The van der Waals surface area contributed by atoms with Gasteiger partial charge in [-0.1, -0.05) is 41.5 Å². The van der Waals surface area contributed by atoms with Crippen LogP contribution in [0.3, 0.4) is 0 Å². The van der Waals surface area contributed by atoms with Crippen molar-refractivity contribution in [1.29, 1.82) is 0 Å². The summed E-state index contributed by atoms with van der Waals surface area (Å²) in [6.45, 7) is 27.0. The smallest absolute Gasteiger partial charge is 0.351 e. The zero-order valence-corrected chi connectivity index (χ0v) is 27.0. The van der Waals surface area contributed by atoms with Gasteiger partial charge >= 0.3 is 5.69 Å². The molecule has 0 radical (unpaired) electrons. The van der Waals surface area contributed by atoms with E-state index < -0.39 is 52.4 Å². The summed E-state index contributed by atoms with van der Waals surface area (Å²) in [5.41, 5.74) is 4.73. The van der Waals surface area contributed by atoms with Gasteiger partial charge in [0.15, 0.2) is 28.7 Å². The maximum absolute atomic E-state index is 12.9. The first kappa shape index (κ1) is 31.9. The van der Waals surface area contributed by atoms with Crippen molar-refractivity contribution >= 4 is 28.1 Å². The Bertz CT molecular complexity index is 1010. The number of nitrogen functional groups attached to an aromatic ring is 1. The second-order valence-electron chi connectivity index (χ2n) is 14.2. The summed E-state index contributed by atoms with van der Waals surface area (Å²) in [6.07, 6.45) is -2.19. The molecule has 4 N–H and O–H groups in total. The number of aliphatic hydroxyl groups is 1. The van der Waals surface area contributed by atoms with Crippen LogP contribution >= 0.6 is 0 Å². The number of nitrogens with two attached hydrogens (primary N) is 1. The van der Waals surface area contributed by atoms with Gasteiger partial charge in [-0.3, -0.25) is 9.77 Å². The van der Waals surface area contributed by atoms with Crippen molar-refractivity contribution in [2.24, 2.45) is 0 Å². The summed E-state index contributed by atoms with van der Waals surface area (Å²) in [7, 11) is -4.45. The van der Waals surface area contributed by atoms with Crippen LogP contribution in [0, 0.1) is 0 Å². The van der Waals surface area contributed by atoms with Crippen LogP contribution in [0.15, 0.2) is 11.0 Å². The molecule has 1 aliphatic rings. The maximum Gasteiger partial charge on any atom is 0.351 e. The number of hydrogen-bond donors (Lipinski definition) is 3. The molecular formula is C25H50N4O6Si2. The highest BCUT2D eigenvalue weighted by molar-refractivity contribution is 6.74. The van der Waals surface area contributed by atoms with Crippen LogP contribution in [0.25, 0.3) is 0 Å². The van der Waals surface area contributed by atoms with Gasteiger partial charge in [-0.25, -0.2) is 9.86 Å². The largest absolute Gasteiger partial charge is 0.414 e. The van der Waals surface area contributed by atoms with Gasteiger partial charge in [0.1, 0.15) is 24.0 Å². The summed E-state index contributed by atoms with van der Waals surface area (Å²) in [4.78, 5) is 16.8. The van der Waals surface area contributed by atoms with Gasteiger partial charge < -0.3 is 24.4 Å². The standard InChI is InChI=1S/C25H50N4O6Si2/c1-23(2,3)29(32)16-14-28(22(31)27-20(16)26)21-18(30)19(35-37(12,13)25(7,8)9)17(34-21)15-33-36(10,11)24(4,5)6/h14,17-19,21,30,32H,15H2,1-13H3,(H2,26,27,31)/t17-,18-,19-,21-/m1/s1. The summed E-state index contributed by atoms with van der Waals surface area (Å²) >= 11 is 0. The number of aliphatic hydroxyl groups excluding tert-OH is 1. The summed E-state index contributed by atoms with van der Waals surface area (Å²) in [5.74, 6) is -0.113. The van der Waals surface area contributed by atoms with E-state index in [0.717, 1.165) is 5.06 Å². The first-order valence-electron chi connectivity index (χ1n) is 12.9. The molecule has 1 aromatic rings. The topological polar surface area (TPSA) is 132 Å². The molecule has 12 heteroatoms. The zero-order chi connectivity index (χ0) is 28.9. The number of nitrogens with zero attached hydrogens (tertiary/aromatic N) is 3. The monoisotopic (exact) mass is 558 g/mol. The van der Waals surface area contributed by atoms with E-state index >= 15 is 0 Å². The molecule has 1 aliphatic heterocycles. The molecule has 0 saturated carbocycles. The normalized spacial score (nSPS) is 24.0. The molecule has 37 heavy (non-hydrogen) atoms. The quantitative estimate of drug-likeness (QED) is 0.327. The number of hydrogen-bond acceptors (Lipinski definition) is 9. The highest BCUT2D eigenvalue weighted by Crippen LogP contribution is 2.42. The molecule has 1 fully saturated rings. The van der Waals surface area contributed by atoms with Crippen LogP contribution in [0.1, 0.15) is 68.5 Å². The first-order chi connectivity index (χ1) is 16.4. The van der Waals surface area contributed by atoms with Crippen LogP contribution in [0.5, 0.6) is 0 Å². The van der Waals surface area contributed by atoms with Crippen molar-refractivity contribution < 1.29 is 23.9 Å². The second kappa shape index (κ2) is 10.4. The Labute approximate surface area is 224 Å². The highest BCUT2D eigenvalue weighted by Gasteiger charge is 2.51. The third-order valence-corrected chi connectivity index (χ3v) is 17.0. The van der Waals surface area contributed by atoms with Crippen molar-refractivity contribution in [3.63, 3.8) is 0 Å². The fraction of sp³-hybridized carbons (Fsp3) is 0.840. The fourth-order valence-corrected chi connectivity index (χ4v) is 5.77. The molecule has 2 heterocycles. The van der Waals surface area contributed by atoms with Gasteiger partial charge in [0.25, 0.3) is 0 Å². The number of anilines is 2. The molecule has 0 unspecified atom stereocenters. The molecule has 214 valence electrons. The lowest BCUT2D eigenvalue weighted by Crippen LogP contribution is -2.51. The van der Waals surface area contributed by atoms with E-state index in [2.05, 4.69) is 72.7 Å². The molecule has 2 rings (SSSR count). The van der Waals surface area contributed by atoms with E-state index in [4.69, 9.17) is 19.3 Å². The Morgan fingerprint density at radius 3 is 2.03 bits per heavy atom. The average molecular weight is 559 g/mol. The third kappa shape index (κ3) is 6.84. The highest BCUT2D eigenvalue weighted by atomic mass is 28.4. The van der Waals surface area contributed by atoms with E-state index in [1.54, 1.807) is 20.8 Å². The van der Waals surface area contributed by atoms with Crippen LogP contribution in [0.2, 0.25) is 36.3 Å². The third-order valence-electron chi connectivity index (χ3n) is 8.06. The lowest BCUT2D eigenvalue weighted by atomic mass is 10.1. The van der Waals surface area contributed by atoms with Crippen molar-refractivity contribution in [3.8, 4) is 0 Å².